The lowest BCUT2D eigenvalue weighted by Gasteiger charge is -2.26. The third-order valence-corrected chi connectivity index (χ3v) is 5.31. The van der Waals surface area contributed by atoms with Gasteiger partial charge in [0.2, 0.25) is 5.91 Å². The molecular formula is C24H27N5O5. The zero-order valence-corrected chi connectivity index (χ0v) is 19.0. The molecule has 4 rings (SSSR count). The second-order valence-electron chi connectivity index (χ2n) is 7.75. The summed E-state index contributed by atoms with van der Waals surface area (Å²) in [5.74, 6) is 1.65. The summed E-state index contributed by atoms with van der Waals surface area (Å²) in [5, 5.41) is 9.98. The number of aromatic nitrogens is 3. The molecular weight excluding hydrogens is 438 g/mol. The normalized spacial score (nSPS) is 13.9. The highest BCUT2D eigenvalue weighted by atomic mass is 16.5. The predicted molar refractivity (Wildman–Crippen MR) is 124 cm³/mol. The Morgan fingerprint density at radius 3 is 2.65 bits per heavy atom. The molecule has 0 aliphatic carbocycles. The largest absolute Gasteiger partial charge is 0.497 e. The predicted octanol–water partition coefficient (Wildman–Crippen LogP) is 1.72. The maximum atomic E-state index is 12.4. The van der Waals surface area contributed by atoms with E-state index in [0.29, 0.717) is 50.0 Å². The van der Waals surface area contributed by atoms with Crippen LogP contribution in [0.25, 0.3) is 11.4 Å². The lowest BCUT2D eigenvalue weighted by atomic mass is 10.2. The number of benzene rings is 2. The summed E-state index contributed by atoms with van der Waals surface area (Å²) < 4.78 is 16.3. The molecule has 1 aliphatic heterocycles. The number of H-pyrrole nitrogens is 1. The number of nitrogens with zero attached hydrogens (tertiary/aromatic N) is 3. The standard InChI is InChI=1S/C24H27N5O5/c1-32-20-4-2-3-17(15-20)16-34-19-7-5-18(6-8-19)23-25-24(31)21(26-27-23)9-10-22(30)28-29-11-13-33-14-12-29/h2-8,15H,9-14,16H2,1H3,(H,28,30)(H,25,27,31). The molecule has 1 amide bonds. The van der Waals surface area contributed by atoms with Crippen molar-refractivity contribution in [1.82, 2.24) is 25.6 Å². The number of aryl methyl sites for hydroxylation is 1. The molecule has 0 spiro atoms. The molecule has 1 aliphatic rings. The number of hydrogen-bond acceptors (Lipinski definition) is 8. The Labute approximate surface area is 196 Å². The van der Waals surface area contributed by atoms with Gasteiger partial charge >= 0.3 is 0 Å². The molecule has 1 saturated heterocycles. The quantitative estimate of drug-likeness (QED) is 0.490. The van der Waals surface area contributed by atoms with Gasteiger partial charge in [-0.15, -0.1) is 10.2 Å². The zero-order valence-electron chi connectivity index (χ0n) is 19.0. The summed E-state index contributed by atoms with van der Waals surface area (Å²) >= 11 is 0. The fourth-order valence-electron chi connectivity index (χ4n) is 3.43. The highest BCUT2D eigenvalue weighted by molar-refractivity contribution is 5.75. The number of carbonyl (C=O) groups excluding carboxylic acids is 1. The summed E-state index contributed by atoms with van der Waals surface area (Å²) in [4.78, 5) is 27.3. The molecule has 0 bridgehead atoms. The Morgan fingerprint density at radius 1 is 1.12 bits per heavy atom. The molecule has 2 N–H and O–H groups in total. The SMILES string of the molecule is COc1cccc(COc2ccc(-c3nnc(CCC(=O)NN4CCOCC4)c(=O)[nH]3)cc2)c1. The van der Waals surface area contributed by atoms with Gasteiger partial charge in [-0.2, -0.15) is 0 Å². The average Bonchev–Trinajstić information content (AvgIpc) is 2.88. The van der Waals surface area contributed by atoms with Gasteiger partial charge in [-0.25, -0.2) is 5.01 Å². The van der Waals surface area contributed by atoms with Crippen LogP contribution in [0, 0.1) is 0 Å². The molecule has 2 heterocycles. The lowest BCUT2D eigenvalue weighted by Crippen LogP contribution is -2.48. The van der Waals surface area contributed by atoms with Crippen LogP contribution in [0.3, 0.4) is 0 Å². The van der Waals surface area contributed by atoms with Gasteiger partial charge in [0.1, 0.15) is 23.8 Å². The molecule has 178 valence electrons. The van der Waals surface area contributed by atoms with E-state index in [2.05, 4.69) is 20.6 Å². The summed E-state index contributed by atoms with van der Waals surface area (Å²) in [6, 6.07) is 14.9. The van der Waals surface area contributed by atoms with Crippen molar-refractivity contribution >= 4 is 5.91 Å². The highest BCUT2D eigenvalue weighted by Crippen LogP contribution is 2.20. The topological polar surface area (TPSA) is 119 Å². The summed E-state index contributed by atoms with van der Waals surface area (Å²) in [6.45, 7) is 2.86. The molecule has 0 unspecified atom stereocenters. The smallest absolute Gasteiger partial charge is 0.273 e. The first-order valence-electron chi connectivity index (χ1n) is 11.0. The van der Waals surface area contributed by atoms with Crippen LogP contribution in [-0.2, 0) is 22.6 Å². The molecule has 10 heteroatoms. The molecule has 0 saturated carbocycles. The maximum Gasteiger partial charge on any atom is 0.273 e. The zero-order chi connectivity index (χ0) is 23.8. The van der Waals surface area contributed by atoms with E-state index in [4.69, 9.17) is 14.2 Å². The first-order valence-corrected chi connectivity index (χ1v) is 11.0. The van der Waals surface area contributed by atoms with E-state index >= 15 is 0 Å². The van der Waals surface area contributed by atoms with E-state index in [1.54, 1.807) is 31.4 Å². The van der Waals surface area contributed by atoms with Crippen LogP contribution in [0.2, 0.25) is 0 Å². The average molecular weight is 466 g/mol. The Balaban J connectivity index is 1.31. The number of hydrazine groups is 1. The fourth-order valence-corrected chi connectivity index (χ4v) is 3.43. The van der Waals surface area contributed by atoms with Crippen molar-refractivity contribution < 1.29 is 19.0 Å². The molecule has 34 heavy (non-hydrogen) atoms. The number of morpholine rings is 1. The van der Waals surface area contributed by atoms with Crippen molar-refractivity contribution in [3.05, 3.63) is 70.1 Å². The van der Waals surface area contributed by atoms with Gasteiger partial charge in [0, 0.05) is 31.5 Å². The molecule has 2 aromatic carbocycles. The number of nitrogens with one attached hydrogen (secondary N) is 2. The first-order chi connectivity index (χ1) is 16.6. The fraction of sp³-hybridized carbons (Fsp3) is 0.333. The van der Waals surface area contributed by atoms with E-state index in [9.17, 15) is 9.59 Å². The Morgan fingerprint density at radius 2 is 1.91 bits per heavy atom. The number of methoxy groups -OCH3 is 1. The third kappa shape index (κ3) is 6.40. The minimum absolute atomic E-state index is 0.147. The molecule has 0 radical (unpaired) electrons. The Hall–Kier alpha value is -3.76. The van der Waals surface area contributed by atoms with Crippen LogP contribution in [0.4, 0.5) is 0 Å². The van der Waals surface area contributed by atoms with Gasteiger partial charge < -0.3 is 19.2 Å². The first kappa shape index (κ1) is 23.4. The molecule has 1 aromatic heterocycles. The Kier molecular flexibility index (Phi) is 7.84. The monoisotopic (exact) mass is 465 g/mol. The van der Waals surface area contributed by atoms with Crippen LogP contribution in [0.5, 0.6) is 11.5 Å². The van der Waals surface area contributed by atoms with Gasteiger partial charge in [0.15, 0.2) is 5.82 Å². The molecule has 10 nitrogen and oxygen atoms in total. The van der Waals surface area contributed by atoms with Crippen molar-refractivity contribution in [3.63, 3.8) is 0 Å². The van der Waals surface area contributed by atoms with Crippen LogP contribution in [0.1, 0.15) is 17.7 Å². The highest BCUT2D eigenvalue weighted by Gasteiger charge is 2.14. The van der Waals surface area contributed by atoms with Crippen LogP contribution in [0.15, 0.2) is 53.3 Å². The summed E-state index contributed by atoms with van der Waals surface area (Å²) in [5.41, 5.74) is 4.37. The second kappa shape index (κ2) is 11.4. The van der Waals surface area contributed by atoms with E-state index in [1.165, 1.54) is 0 Å². The van der Waals surface area contributed by atoms with E-state index < -0.39 is 0 Å². The van der Waals surface area contributed by atoms with Gasteiger partial charge in [-0.05, 0) is 42.0 Å². The molecule has 1 fully saturated rings. The van der Waals surface area contributed by atoms with E-state index in [0.717, 1.165) is 11.3 Å². The van der Waals surface area contributed by atoms with Crippen LogP contribution in [-0.4, -0.2) is 59.5 Å². The minimum Gasteiger partial charge on any atom is -0.497 e. The van der Waals surface area contributed by atoms with Crippen molar-refractivity contribution in [2.24, 2.45) is 0 Å². The molecule has 0 atom stereocenters. The number of ether oxygens (including phenoxy) is 3. The van der Waals surface area contributed by atoms with Crippen LogP contribution < -0.4 is 20.5 Å². The van der Waals surface area contributed by atoms with E-state index in [1.807, 2.05) is 29.3 Å². The van der Waals surface area contributed by atoms with Crippen molar-refractivity contribution in [3.8, 4) is 22.9 Å². The van der Waals surface area contributed by atoms with Crippen molar-refractivity contribution in [2.75, 3.05) is 33.4 Å². The van der Waals surface area contributed by atoms with Crippen LogP contribution >= 0.6 is 0 Å². The second-order valence-corrected chi connectivity index (χ2v) is 7.75. The van der Waals surface area contributed by atoms with Gasteiger partial charge in [0.05, 0.1) is 20.3 Å². The van der Waals surface area contributed by atoms with Gasteiger partial charge in [-0.1, -0.05) is 12.1 Å². The summed E-state index contributed by atoms with van der Waals surface area (Å²) in [6.07, 6.45) is 0.351. The van der Waals surface area contributed by atoms with Crippen molar-refractivity contribution in [1.29, 1.82) is 0 Å². The van der Waals surface area contributed by atoms with Gasteiger partial charge in [-0.3, -0.25) is 15.0 Å². The minimum atomic E-state index is -0.359. The number of amides is 1. The lowest BCUT2D eigenvalue weighted by molar-refractivity contribution is -0.127. The number of aromatic amines is 1. The number of rotatable bonds is 9. The van der Waals surface area contributed by atoms with Crippen molar-refractivity contribution in [2.45, 2.75) is 19.4 Å². The van der Waals surface area contributed by atoms with Gasteiger partial charge in [0.25, 0.3) is 5.56 Å². The number of hydrogen-bond donors (Lipinski definition) is 2. The maximum absolute atomic E-state index is 12.4. The summed E-state index contributed by atoms with van der Waals surface area (Å²) in [7, 11) is 1.63. The molecule has 3 aromatic rings. The number of carbonyl (C=O) groups is 1. The third-order valence-electron chi connectivity index (χ3n) is 5.31. The Bertz CT molecular complexity index is 1160. The van der Waals surface area contributed by atoms with E-state index in [-0.39, 0.29) is 30.0 Å².